The summed E-state index contributed by atoms with van der Waals surface area (Å²) in [7, 11) is 1.71. The van der Waals surface area contributed by atoms with Gasteiger partial charge in [0.2, 0.25) is 0 Å². The second-order valence-corrected chi connectivity index (χ2v) is 6.80. The molecule has 0 N–H and O–H groups in total. The monoisotopic (exact) mass is 352 g/mol. The Kier molecular flexibility index (Phi) is 4.03. The van der Waals surface area contributed by atoms with Gasteiger partial charge in [-0.2, -0.15) is 0 Å². The summed E-state index contributed by atoms with van der Waals surface area (Å²) in [4.78, 5) is 28.1. The van der Waals surface area contributed by atoms with E-state index in [0.29, 0.717) is 43.1 Å². The predicted molar refractivity (Wildman–Crippen MR) is 95.3 cm³/mol. The fourth-order valence-corrected chi connectivity index (χ4v) is 3.54. The third-order valence-electron chi connectivity index (χ3n) is 4.83. The van der Waals surface area contributed by atoms with Crippen LogP contribution in [0.3, 0.4) is 0 Å². The summed E-state index contributed by atoms with van der Waals surface area (Å²) in [5.41, 5.74) is -0.0810. The highest BCUT2D eigenvalue weighted by molar-refractivity contribution is 5.97. The van der Waals surface area contributed by atoms with Crippen LogP contribution in [-0.4, -0.2) is 54.1 Å². The topological polar surface area (TPSA) is 59.1 Å². The fourth-order valence-electron chi connectivity index (χ4n) is 3.54. The molecule has 2 amide bonds. The first-order chi connectivity index (χ1) is 12.6. The Labute approximate surface area is 151 Å². The van der Waals surface area contributed by atoms with E-state index in [9.17, 15) is 9.59 Å². The van der Waals surface area contributed by atoms with Crippen molar-refractivity contribution in [3.8, 4) is 11.5 Å². The van der Waals surface area contributed by atoms with Crippen LogP contribution in [0.4, 0.5) is 4.79 Å². The number of carbonyl (C=O) groups excluding carboxylic acids is 2. The van der Waals surface area contributed by atoms with E-state index in [1.165, 1.54) is 0 Å². The molecule has 0 unspecified atom stereocenters. The van der Waals surface area contributed by atoms with E-state index in [2.05, 4.69) is 0 Å². The first kappa shape index (κ1) is 16.4. The average molecular weight is 352 g/mol. The standard InChI is InChI=1S/C20H20N2O4/c1-21-13-20(26-19(21)24)11-12-22(14-20)18(23)16-9-5-6-10-17(16)25-15-7-3-2-4-8-15/h2-10H,11-14H2,1H3/t20-/m0/s1. The molecule has 0 aromatic heterocycles. The van der Waals surface area contributed by atoms with Crippen molar-refractivity contribution in [3.63, 3.8) is 0 Å². The van der Waals surface area contributed by atoms with E-state index in [1.807, 2.05) is 42.5 Å². The van der Waals surface area contributed by atoms with Crippen molar-refractivity contribution in [2.45, 2.75) is 12.0 Å². The van der Waals surface area contributed by atoms with Crippen LogP contribution in [-0.2, 0) is 4.74 Å². The maximum atomic E-state index is 13.1. The lowest BCUT2D eigenvalue weighted by Gasteiger charge is -2.22. The zero-order valence-electron chi connectivity index (χ0n) is 14.6. The summed E-state index contributed by atoms with van der Waals surface area (Å²) in [6.07, 6.45) is 0.323. The summed E-state index contributed by atoms with van der Waals surface area (Å²) in [5.74, 6) is 1.08. The van der Waals surface area contributed by atoms with Crippen LogP contribution in [0.2, 0.25) is 0 Å². The lowest BCUT2D eigenvalue weighted by atomic mass is 10.0. The number of hydrogen-bond acceptors (Lipinski definition) is 4. The van der Waals surface area contributed by atoms with Crippen molar-refractivity contribution in [3.05, 3.63) is 60.2 Å². The third kappa shape index (κ3) is 2.98. The Morgan fingerprint density at radius 2 is 1.81 bits per heavy atom. The Hall–Kier alpha value is -3.02. The quantitative estimate of drug-likeness (QED) is 0.851. The molecule has 2 aromatic rings. The van der Waals surface area contributed by atoms with Gasteiger partial charge in [-0.15, -0.1) is 0 Å². The van der Waals surface area contributed by atoms with Gasteiger partial charge < -0.3 is 19.3 Å². The molecule has 2 aromatic carbocycles. The van der Waals surface area contributed by atoms with Crippen LogP contribution < -0.4 is 4.74 Å². The fraction of sp³-hybridized carbons (Fsp3) is 0.300. The van der Waals surface area contributed by atoms with Crippen LogP contribution >= 0.6 is 0 Å². The van der Waals surface area contributed by atoms with Crippen molar-refractivity contribution in [1.29, 1.82) is 0 Å². The number of nitrogens with zero attached hydrogens (tertiary/aromatic N) is 2. The van der Waals surface area contributed by atoms with Crippen LogP contribution in [0.25, 0.3) is 0 Å². The second kappa shape index (κ2) is 6.37. The van der Waals surface area contributed by atoms with Crippen LogP contribution in [0.5, 0.6) is 11.5 Å². The van der Waals surface area contributed by atoms with Crippen molar-refractivity contribution in [2.75, 3.05) is 26.7 Å². The zero-order chi connectivity index (χ0) is 18.1. The van der Waals surface area contributed by atoms with E-state index < -0.39 is 5.60 Å². The molecule has 0 aliphatic carbocycles. The number of hydrogen-bond donors (Lipinski definition) is 0. The summed E-state index contributed by atoms with van der Waals surface area (Å²) in [5, 5.41) is 0. The van der Waals surface area contributed by atoms with E-state index in [1.54, 1.807) is 29.0 Å². The van der Waals surface area contributed by atoms with Crippen LogP contribution in [0, 0.1) is 0 Å². The Morgan fingerprint density at radius 3 is 2.54 bits per heavy atom. The number of para-hydroxylation sites is 2. The van der Waals surface area contributed by atoms with E-state index in [-0.39, 0.29) is 12.0 Å². The summed E-state index contributed by atoms with van der Waals surface area (Å²) >= 11 is 0. The number of rotatable bonds is 3. The maximum absolute atomic E-state index is 13.1. The van der Waals surface area contributed by atoms with Gasteiger partial charge >= 0.3 is 6.09 Å². The smallest absolute Gasteiger partial charge is 0.410 e. The highest BCUT2D eigenvalue weighted by Crippen LogP contribution is 2.34. The van der Waals surface area contributed by atoms with Gasteiger partial charge in [0.05, 0.1) is 18.7 Å². The number of carbonyl (C=O) groups is 2. The molecule has 2 aliphatic heterocycles. The number of benzene rings is 2. The molecule has 0 bridgehead atoms. The molecule has 1 atom stereocenters. The maximum Gasteiger partial charge on any atom is 0.410 e. The van der Waals surface area contributed by atoms with E-state index >= 15 is 0 Å². The highest BCUT2D eigenvalue weighted by Gasteiger charge is 2.49. The number of likely N-dealkylation sites (N-methyl/N-ethyl adjacent to an activating group) is 1. The normalized spacial score (nSPS) is 22.0. The van der Waals surface area contributed by atoms with Gasteiger partial charge in [0.25, 0.3) is 5.91 Å². The number of amides is 2. The Balaban J connectivity index is 1.53. The minimum atomic E-state index is -0.587. The Morgan fingerprint density at radius 1 is 1.08 bits per heavy atom. The average Bonchev–Trinajstić information content (AvgIpc) is 3.18. The summed E-state index contributed by atoms with van der Waals surface area (Å²) in [6.45, 7) is 1.47. The molecule has 2 aliphatic rings. The third-order valence-corrected chi connectivity index (χ3v) is 4.83. The molecule has 2 saturated heterocycles. The molecular weight excluding hydrogens is 332 g/mol. The minimum absolute atomic E-state index is 0.112. The van der Waals surface area contributed by atoms with Crippen molar-refractivity contribution in [1.82, 2.24) is 9.80 Å². The lowest BCUT2D eigenvalue weighted by molar-refractivity contribution is 0.0552. The predicted octanol–water partition coefficient (Wildman–Crippen LogP) is 3.15. The first-order valence-electron chi connectivity index (χ1n) is 8.62. The first-order valence-corrected chi connectivity index (χ1v) is 8.62. The Bertz CT molecular complexity index is 839. The molecule has 134 valence electrons. The van der Waals surface area contributed by atoms with E-state index in [4.69, 9.17) is 9.47 Å². The highest BCUT2D eigenvalue weighted by atomic mass is 16.6. The molecule has 6 heteroatoms. The second-order valence-electron chi connectivity index (χ2n) is 6.80. The van der Waals surface area contributed by atoms with Crippen molar-refractivity contribution >= 4 is 12.0 Å². The molecule has 2 heterocycles. The number of likely N-dealkylation sites (tertiary alicyclic amines) is 1. The van der Waals surface area contributed by atoms with Gasteiger partial charge in [-0.25, -0.2) is 4.79 Å². The lowest BCUT2D eigenvalue weighted by Crippen LogP contribution is -2.39. The van der Waals surface area contributed by atoms with E-state index in [0.717, 1.165) is 0 Å². The van der Waals surface area contributed by atoms with Gasteiger partial charge in [-0.05, 0) is 24.3 Å². The van der Waals surface area contributed by atoms with Crippen LogP contribution in [0.1, 0.15) is 16.8 Å². The van der Waals surface area contributed by atoms with Crippen molar-refractivity contribution < 1.29 is 19.1 Å². The molecule has 26 heavy (non-hydrogen) atoms. The molecule has 6 nitrogen and oxygen atoms in total. The zero-order valence-corrected chi connectivity index (χ0v) is 14.6. The number of ether oxygens (including phenoxy) is 2. The summed E-state index contributed by atoms with van der Waals surface area (Å²) in [6, 6.07) is 16.6. The molecule has 1 spiro atoms. The largest absolute Gasteiger partial charge is 0.457 e. The van der Waals surface area contributed by atoms with Crippen LogP contribution in [0.15, 0.2) is 54.6 Å². The van der Waals surface area contributed by atoms with Gasteiger partial charge in [-0.3, -0.25) is 4.79 Å². The SMILES string of the molecule is CN1C[C@]2(CCN(C(=O)c3ccccc3Oc3ccccc3)C2)OC1=O. The summed E-state index contributed by atoms with van der Waals surface area (Å²) < 4.78 is 11.4. The molecule has 2 fully saturated rings. The van der Waals surface area contributed by atoms with Gasteiger partial charge in [-0.1, -0.05) is 30.3 Å². The molecule has 0 radical (unpaired) electrons. The molecule has 4 rings (SSSR count). The van der Waals surface area contributed by atoms with Crippen molar-refractivity contribution in [2.24, 2.45) is 0 Å². The minimum Gasteiger partial charge on any atom is -0.457 e. The van der Waals surface area contributed by atoms with Gasteiger partial charge in [0.15, 0.2) is 5.60 Å². The van der Waals surface area contributed by atoms with Gasteiger partial charge in [0.1, 0.15) is 11.5 Å². The molecular formula is C20H20N2O4. The van der Waals surface area contributed by atoms with Gasteiger partial charge in [0, 0.05) is 20.0 Å². The molecule has 0 saturated carbocycles.